The largest absolute Gasteiger partial charge is 0.384 e. The molecule has 23 heavy (non-hydrogen) atoms. The van der Waals surface area contributed by atoms with Crippen molar-refractivity contribution in [3.05, 3.63) is 44.9 Å². The van der Waals surface area contributed by atoms with Gasteiger partial charge in [-0.05, 0) is 43.2 Å². The van der Waals surface area contributed by atoms with Gasteiger partial charge in [0.1, 0.15) is 23.5 Å². The number of nitrogens with zero attached hydrogens (tertiary/aromatic N) is 3. The number of hydrogen-bond acceptors (Lipinski definition) is 6. The van der Waals surface area contributed by atoms with Gasteiger partial charge in [0.05, 0.1) is 11.5 Å². The molecule has 0 spiro atoms. The molecule has 8 nitrogen and oxygen atoms in total. The maximum absolute atomic E-state index is 12.4. The second kappa shape index (κ2) is 6.09. The molecule has 0 saturated heterocycles. The lowest BCUT2D eigenvalue weighted by Gasteiger charge is -2.28. The molecule has 124 valence electrons. The van der Waals surface area contributed by atoms with E-state index in [0.717, 1.165) is 11.8 Å². The first-order valence-corrected chi connectivity index (χ1v) is 7.82. The van der Waals surface area contributed by atoms with Crippen molar-refractivity contribution in [1.82, 2.24) is 15.1 Å². The lowest BCUT2D eigenvalue weighted by Crippen LogP contribution is -2.48. The average Bonchev–Trinajstić information content (AvgIpc) is 3.15. The van der Waals surface area contributed by atoms with Crippen LogP contribution in [0, 0.1) is 10.1 Å². The van der Waals surface area contributed by atoms with Gasteiger partial charge in [-0.3, -0.25) is 19.6 Å². The molecule has 2 aromatic heterocycles. The third-order valence-electron chi connectivity index (χ3n) is 3.64. The predicted molar refractivity (Wildman–Crippen MR) is 85.1 cm³/mol. The van der Waals surface area contributed by atoms with Crippen LogP contribution in [0.15, 0.2) is 29.2 Å². The Bertz CT molecular complexity index is 706. The maximum atomic E-state index is 12.4. The van der Waals surface area contributed by atoms with Crippen LogP contribution >= 0.6 is 11.3 Å². The van der Waals surface area contributed by atoms with E-state index in [0.29, 0.717) is 0 Å². The van der Waals surface area contributed by atoms with E-state index in [-0.39, 0.29) is 12.2 Å². The van der Waals surface area contributed by atoms with Gasteiger partial charge < -0.3 is 10.4 Å². The quantitative estimate of drug-likeness (QED) is 0.614. The first-order valence-electron chi connectivity index (χ1n) is 6.87. The molecule has 0 saturated carbocycles. The molecule has 0 radical (unpaired) electrons. The Morgan fingerprint density at radius 1 is 1.52 bits per heavy atom. The molecule has 2 heterocycles. The van der Waals surface area contributed by atoms with Gasteiger partial charge in [0, 0.05) is 0 Å². The minimum absolute atomic E-state index is 0.0232. The van der Waals surface area contributed by atoms with Crippen molar-refractivity contribution in [3.8, 4) is 0 Å². The zero-order valence-corrected chi connectivity index (χ0v) is 13.8. The number of aliphatic hydroxyl groups is 1. The first-order chi connectivity index (χ1) is 10.6. The molecule has 0 aliphatic heterocycles. The molecule has 0 bridgehead atoms. The van der Waals surface area contributed by atoms with Gasteiger partial charge in [0.25, 0.3) is 0 Å². The van der Waals surface area contributed by atoms with E-state index in [1.807, 2.05) is 10.8 Å². The summed E-state index contributed by atoms with van der Waals surface area (Å²) in [7, 11) is 0. The summed E-state index contributed by atoms with van der Waals surface area (Å²) in [5, 5.41) is 31.3. The molecule has 0 aromatic carbocycles. The summed E-state index contributed by atoms with van der Waals surface area (Å²) in [6.45, 7) is 4.83. The topological polar surface area (TPSA) is 110 Å². The number of nitro groups is 1. The second-order valence-electron chi connectivity index (χ2n) is 5.93. The maximum Gasteiger partial charge on any atom is 0.307 e. The fourth-order valence-electron chi connectivity index (χ4n) is 1.96. The molecule has 1 atom stereocenters. The van der Waals surface area contributed by atoms with Gasteiger partial charge >= 0.3 is 5.69 Å². The van der Waals surface area contributed by atoms with Crippen LogP contribution in [0.5, 0.6) is 0 Å². The van der Waals surface area contributed by atoms with Gasteiger partial charge in [-0.25, -0.2) is 0 Å². The molecule has 2 aromatic rings. The monoisotopic (exact) mass is 338 g/mol. The smallest absolute Gasteiger partial charge is 0.307 e. The van der Waals surface area contributed by atoms with E-state index < -0.39 is 22.0 Å². The Kier molecular flexibility index (Phi) is 4.53. The van der Waals surface area contributed by atoms with Crippen LogP contribution in [0.25, 0.3) is 0 Å². The van der Waals surface area contributed by atoms with Crippen molar-refractivity contribution in [3.63, 3.8) is 0 Å². The van der Waals surface area contributed by atoms with Crippen LogP contribution in [-0.2, 0) is 15.9 Å². The van der Waals surface area contributed by atoms with E-state index in [9.17, 15) is 20.0 Å². The zero-order valence-electron chi connectivity index (χ0n) is 13.0. The number of nitrogens with one attached hydrogen (secondary N) is 1. The van der Waals surface area contributed by atoms with Gasteiger partial charge in [0.2, 0.25) is 5.91 Å². The number of carbonyl (C=O) groups excluding carboxylic acids is 1. The number of hydrogen-bond donors (Lipinski definition) is 2. The highest BCUT2D eigenvalue weighted by Gasteiger charge is 2.34. The molecular formula is C14H18N4O4S. The Morgan fingerprint density at radius 2 is 2.22 bits per heavy atom. The second-order valence-corrected chi connectivity index (χ2v) is 6.71. The first kappa shape index (κ1) is 17.1. The molecule has 0 fully saturated rings. The Hall–Kier alpha value is -2.26. The van der Waals surface area contributed by atoms with Gasteiger partial charge in [-0.15, -0.1) is 0 Å². The third-order valence-corrected chi connectivity index (χ3v) is 4.33. The van der Waals surface area contributed by atoms with Gasteiger partial charge in [-0.1, -0.05) is 0 Å². The average molecular weight is 338 g/mol. The molecular weight excluding hydrogens is 320 g/mol. The van der Waals surface area contributed by atoms with Crippen molar-refractivity contribution < 1.29 is 14.8 Å². The molecule has 0 aliphatic carbocycles. The minimum atomic E-state index is -1.19. The van der Waals surface area contributed by atoms with E-state index in [1.165, 1.54) is 22.2 Å². The van der Waals surface area contributed by atoms with Crippen LogP contribution in [0.4, 0.5) is 5.69 Å². The number of aromatic nitrogens is 2. The lowest BCUT2D eigenvalue weighted by atomic mass is 9.98. The number of rotatable bonds is 6. The van der Waals surface area contributed by atoms with E-state index in [1.54, 1.807) is 26.8 Å². The molecule has 0 unspecified atom stereocenters. The Balaban J connectivity index is 2.08. The summed E-state index contributed by atoms with van der Waals surface area (Å²) in [5.74, 6) is -0.397. The Morgan fingerprint density at radius 3 is 2.74 bits per heavy atom. The van der Waals surface area contributed by atoms with Crippen molar-refractivity contribution in [2.24, 2.45) is 0 Å². The standard InChI is InChI=1S/C14H18N4O4S/c1-13(2,17-7-11(6-16-17)18(21)22)12(19)15-9-14(3,20)10-4-5-23-8-10/h4-8,20H,9H2,1-3H3,(H,15,19)/t14-/m1/s1. The normalized spacial score (nSPS) is 14.3. The molecule has 2 N–H and O–H groups in total. The summed E-state index contributed by atoms with van der Waals surface area (Å²) in [6, 6.07) is 1.79. The van der Waals surface area contributed by atoms with Crippen LogP contribution < -0.4 is 5.32 Å². The molecule has 2 rings (SSSR count). The number of carbonyl (C=O) groups is 1. The zero-order chi connectivity index (χ0) is 17.3. The van der Waals surface area contributed by atoms with Gasteiger partial charge in [-0.2, -0.15) is 16.4 Å². The van der Waals surface area contributed by atoms with Crippen molar-refractivity contribution in [2.45, 2.75) is 31.9 Å². The molecule has 1 amide bonds. The third kappa shape index (κ3) is 3.57. The fraction of sp³-hybridized carbons (Fsp3) is 0.429. The summed E-state index contributed by atoms with van der Waals surface area (Å²) in [6.07, 6.45) is 2.30. The highest BCUT2D eigenvalue weighted by Crippen LogP contribution is 2.23. The van der Waals surface area contributed by atoms with Gasteiger partial charge in [0.15, 0.2) is 0 Å². The van der Waals surface area contributed by atoms with E-state index >= 15 is 0 Å². The highest BCUT2D eigenvalue weighted by atomic mass is 32.1. The molecule has 9 heteroatoms. The predicted octanol–water partition coefficient (Wildman–Crippen LogP) is 1.61. The van der Waals surface area contributed by atoms with Crippen molar-refractivity contribution in [2.75, 3.05) is 6.54 Å². The fourth-order valence-corrected chi connectivity index (χ4v) is 2.74. The van der Waals surface area contributed by atoms with Crippen LogP contribution in [0.2, 0.25) is 0 Å². The van der Waals surface area contributed by atoms with Crippen LogP contribution in [-0.4, -0.2) is 32.3 Å². The van der Waals surface area contributed by atoms with Crippen molar-refractivity contribution >= 4 is 22.9 Å². The summed E-state index contributed by atoms with van der Waals surface area (Å²) < 4.78 is 1.24. The Labute approximate surface area is 136 Å². The number of thiophene rings is 1. The minimum Gasteiger partial charge on any atom is -0.384 e. The summed E-state index contributed by atoms with van der Waals surface area (Å²) in [5.41, 5.74) is -1.78. The van der Waals surface area contributed by atoms with E-state index in [2.05, 4.69) is 10.4 Å². The van der Waals surface area contributed by atoms with Crippen molar-refractivity contribution in [1.29, 1.82) is 0 Å². The van der Waals surface area contributed by atoms with Crippen LogP contribution in [0.1, 0.15) is 26.3 Å². The summed E-state index contributed by atoms with van der Waals surface area (Å²) >= 11 is 1.46. The molecule has 0 aliphatic rings. The lowest BCUT2D eigenvalue weighted by molar-refractivity contribution is -0.385. The SMILES string of the molecule is CC(C)(C(=O)NC[C@@](C)(O)c1ccsc1)n1cc([N+](=O)[O-])cn1. The van der Waals surface area contributed by atoms with E-state index in [4.69, 9.17) is 0 Å². The van der Waals surface area contributed by atoms with Crippen LogP contribution in [0.3, 0.4) is 0 Å². The highest BCUT2D eigenvalue weighted by molar-refractivity contribution is 7.08. The summed E-state index contributed by atoms with van der Waals surface area (Å²) in [4.78, 5) is 22.6. The number of amides is 1.